The highest BCUT2D eigenvalue weighted by molar-refractivity contribution is 5.98. The van der Waals surface area contributed by atoms with Crippen molar-refractivity contribution in [2.45, 2.75) is 32.5 Å². The van der Waals surface area contributed by atoms with Crippen LogP contribution in [0.15, 0.2) is 54.7 Å². The molecule has 1 aromatic heterocycles. The van der Waals surface area contributed by atoms with Gasteiger partial charge < -0.3 is 10.2 Å². The van der Waals surface area contributed by atoms with Gasteiger partial charge in [0.25, 0.3) is 11.8 Å². The second kappa shape index (κ2) is 8.79. The molecule has 1 atom stereocenters. The maximum atomic E-state index is 12.5. The highest BCUT2D eigenvalue weighted by atomic mass is 16.2. The summed E-state index contributed by atoms with van der Waals surface area (Å²) in [5.74, 6) is -0.471. The fourth-order valence-electron chi connectivity index (χ4n) is 3.57. The van der Waals surface area contributed by atoms with E-state index in [-0.39, 0.29) is 11.6 Å². The third kappa shape index (κ3) is 4.31. The Morgan fingerprint density at radius 1 is 1.19 bits per heavy atom. The number of carbonyl (C=O) groups excluding carboxylic acids is 2. The van der Waals surface area contributed by atoms with Crippen molar-refractivity contribution in [1.29, 1.82) is 5.26 Å². The average molecular weight is 414 g/mol. The third-order valence-electron chi connectivity index (χ3n) is 5.39. The van der Waals surface area contributed by atoms with Crippen LogP contribution in [0.3, 0.4) is 0 Å². The number of rotatable bonds is 7. The Balaban J connectivity index is 1.35. The van der Waals surface area contributed by atoms with Gasteiger partial charge >= 0.3 is 0 Å². The van der Waals surface area contributed by atoms with E-state index in [9.17, 15) is 14.9 Å². The molecule has 2 aromatic carbocycles. The van der Waals surface area contributed by atoms with E-state index in [1.54, 1.807) is 4.90 Å². The van der Waals surface area contributed by atoms with Gasteiger partial charge in [0.05, 0.1) is 18.8 Å². The molecule has 0 saturated carbocycles. The minimum absolute atomic E-state index is 0.000338. The summed E-state index contributed by atoms with van der Waals surface area (Å²) >= 11 is 0. The lowest BCUT2D eigenvalue weighted by Gasteiger charge is -2.14. The maximum Gasteiger partial charge on any atom is 0.274 e. The summed E-state index contributed by atoms with van der Waals surface area (Å²) in [5.41, 5.74) is 3.75. The van der Waals surface area contributed by atoms with Crippen LogP contribution in [-0.2, 0) is 19.5 Å². The van der Waals surface area contributed by atoms with Crippen molar-refractivity contribution < 1.29 is 9.59 Å². The van der Waals surface area contributed by atoms with Crippen molar-refractivity contribution in [3.63, 3.8) is 0 Å². The summed E-state index contributed by atoms with van der Waals surface area (Å²) in [7, 11) is 0. The highest BCUT2D eigenvalue weighted by Gasteiger charge is 2.26. The van der Waals surface area contributed by atoms with Gasteiger partial charge in [0.15, 0.2) is 5.69 Å². The van der Waals surface area contributed by atoms with Crippen molar-refractivity contribution >= 4 is 11.8 Å². The summed E-state index contributed by atoms with van der Waals surface area (Å²) in [6.07, 6.45) is 2.43. The van der Waals surface area contributed by atoms with E-state index in [2.05, 4.69) is 28.6 Å². The molecule has 31 heavy (non-hydrogen) atoms. The summed E-state index contributed by atoms with van der Waals surface area (Å²) in [4.78, 5) is 26.7. The number of aryl methyl sites for hydroxylation is 1. The van der Waals surface area contributed by atoms with Gasteiger partial charge in [-0.15, -0.1) is 5.10 Å². The SMILES string of the molecule is CCc1ccc(C(C#N)NC(=O)c2cn(CCN3Cc4ccccc4C3=O)nn2)cc1. The Morgan fingerprint density at radius 2 is 1.97 bits per heavy atom. The molecule has 8 heteroatoms. The Bertz CT molecular complexity index is 1150. The standard InChI is InChI=1S/C23H22N6O2/c1-2-16-7-9-17(10-8-16)20(13-24)25-22(30)21-15-29(27-26-21)12-11-28-14-18-5-3-4-6-19(18)23(28)31/h3-10,15,20H,2,11-12,14H2,1H3,(H,25,30). The molecule has 3 aromatic rings. The number of hydrogen-bond acceptors (Lipinski definition) is 5. The van der Waals surface area contributed by atoms with Gasteiger partial charge in [-0.05, 0) is 29.2 Å². The molecule has 0 bridgehead atoms. The normalized spacial score (nSPS) is 13.5. The molecule has 1 aliphatic rings. The largest absolute Gasteiger partial charge is 0.332 e. The zero-order chi connectivity index (χ0) is 21.8. The smallest absolute Gasteiger partial charge is 0.274 e. The summed E-state index contributed by atoms with van der Waals surface area (Å²) in [5, 5.41) is 20.1. The lowest BCUT2D eigenvalue weighted by Crippen LogP contribution is -2.28. The lowest BCUT2D eigenvalue weighted by molar-refractivity contribution is 0.0770. The number of amides is 2. The average Bonchev–Trinajstić information content (AvgIpc) is 3.41. The molecule has 1 unspecified atom stereocenters. The van der Waals surface area contributed by atoms with E-state index >= 15 is 0 Å². The second-order valence-electron chi connectivity index (χ2n) is 7.38. The molecule has 1 N–H and O–H groups in total. The molecular formula is C23H22N6O2. The van der Waals surface area contributed by atoms with Gasteiger partial charge in [0.1, 0.15) is 6.04 Å². The lowest BCUT2D eigenvalue weighted by atomic mass is 10.0. The Kier molecular flexibility index (Phi) is 5.76. The van der Waals surface area contributed by atoms with Gasteiger partial charge in [-0.25, -0.2) is 4.68 Å². The van der Waals surface area contributed by atoms with Crippen LogP contribution in [0.1, 0.15) is 50.5 Å². The number of fused-ring (bicyclic) bond motifs is 1. The molecule has 0 fully saturated rings. The van der Waals surface area contributed by atoms with E-state index in [1.165, 1.54) is 10.9 Å². The fraction of sp³-hybridized carbons (Fsp3) is 0.261. The first kappa shape index (κ1) is 20.3. The van der Waals surface area contributed by atoms with Crippen LogP contribution in [0.5, 0.6) is 0 Å². The van der Waals surface area contributed by atoms with Crippen LogP contribution in [0.2, 0.25) is 0 Å². The summed E-state index contributed by atoms with van der Waals surface area (Å²) in [6.45, 7) is 3.50. The van der Waals surface area contributed by atoms with Crippen LogP contribution >= 0.6 is 0 Å². The molecule has 0 radical (unpaired) electrons. The van der Waals surface area contributed by atoms with E-state index in [4.69, 9.17) is 0 Å². The number of aromatic nitrogens is 3. The predicted octanol–water partition coefficient (Wildman–Crippen LogP) is 2.49. The molecular weight excluding hydrogens is 392 g/mol. The molecule has 2 amide bonds. The second-order valence-corrected chi connectivity index (χ2v) is 7.38. The zero-order valence-corrected chi connectivity index (χ0v) is 17.2. The van der Waals surface area contributed by atoms with E-state index in [0.29, 0.717) is 25.2 Å². The van der Waals surface area contributed by atoms with Crippen LogP contribution in [0.4, 0.5) is 0 Å². The van der Waals surface area contributed by atoms with Crippen molar-refractivity contribution in [3.05, 3.63) is 82.7 Å². The number of nitrogens with one attached hydrogen (secondary N) is 1. The van der Waals surface area contributed by atoms with Crippen LogP contribution < -0.4 is 5.32 Å². The van der Waals surface area contributed by atoms with Crippen molar-refractivity contribution in [1.82, 2.24) is 25.2 Å². The minimum atomic E-state index is -0.774. The number of carbonyl (C=O) groups is 2. The van der Waals surface area contributed by atoms with Crippen molar-refractivity contribution in [3.8, 4) is 6.07 Å². The highest BCUT2D eigenvalue weighted by Crippen LogP contribution is 2.22. The van der Waals surface area contributed by atoms with E-state index < -0.39 is 11.9 Å². The van der Waals surface area contributed by atoms with Gasteiger partial charge in [-0.1, -0.05) is 54.6 Å². The maximum absolute atomic E-state index is 12.5. The topological polar surface area (TPSA) is 104 Å². The Labute approximate surface area is 180 Å². The quantitative estimate of drug-likeness (QED) is 0.640. The molecule has 4 rings (SSSR count). The Hall–Kier alpha value is -3.99. The van der Waals surface area contributed by atoms with Gasteiger partial charge in [0, 0.05) is 18.7 Å². The van der Waals surface area contributed by atoms with Crippen molar-refractivity contribution in [2.24, 2.45) is 0 Å². The molecule has 0 saturated heterocycles. The molecule has 0 aliphatic carbocycles. The van der Waals surface area contributed by atoms with Crippen molar-refractivity contribution in [2.75, 3.05) is 6.54 Å². The zero-order valence-electron chi connectivity index (χ0n) is 17.2. The van der Waals surface area contributed by atoms with E-state index in [1.807, 2.05) is 48.5 Å². The molecule has 156 valence electrons. The summed E-state index contributed by atoms with van der Waals surface area (Å²) in [6, 6.07) is 16.5. The van der Waals surface area contributed by atoms with Crippen LogP contribution in [0.25, 0.3) is 0 Å². The van der Waals surface area contributed by atoms with Gasteiger partial charge in [0.2, 0.25) is 0 Å². The van der Waals surface area contributed by atoms with E-state index in [0.717, 1.165) is 23.1 Å². The fourth-order valence-corrected chi connectivity index (χ4v) is 3.57. The first-order valence-electron chi connectivity index (χ1n) is 10.2. The molecule has 2 heterocycles. The van der Waals surface area contributed by atoms with Crippen LogP contribution in [-0.4, -0.2) is 38.3 Å². The molecule has 0 spiro atoms. The first-order chi connectivity index (χ1) is 15.1. The third-order valence-corrected chi connectivity index (χ3v) is 5.39. The Morgan fingerprint density at radius 3 is 2.68 bits per heavy atom. The van der Waals surface area contributed by atoms with Gasteiger partial charge in [-0.3, -0.25) is 9.59 Å². The molecule has 8 nitrogen and oxygen atoms in total. The number of hydrogen-bond donors (Lipinski definition) is 1. The predicted molar refractivity (Wildman–Crippen MR) is 113 cm³/mol. The van der Waals surface area contributed by atoms with Gasteiger partial charge in [-0.2, -0.15) is 5.26 Å². The minimum Gasteiger partial charge on any atom is -0.332 e. The van der Waals surface area contributed by atoms with Crippen LogP contribution in [0, 0.1) is 11.3 Å². The number of benzene rings is 2. The molecule has 1 aliphatic heterocycles. The number of nitriles is 1. The number of nitrogens with zero attached hydrogens (tertiary/aromatic N) is 5. The first-order valence-corrected chi connectivity index (χ1v) is 10.2. The summed E-state index contributed by atoms with van der Waals surface area (Å²) < 4.78 is 1.53. The monoisotopic (exact) mass is 414 g/mol.